The summed E-state index contributed by atoms with van der Waals surface area (Å²) in [5, 5.41) is 13.0. The Balaban J connectivity index is 2.43. The summed E-state index contributed by atoms with van der Waals surface area (Å²) in [7, 11) is 0. The SMILES string of the molecule is CC(C)(C)N=NC(C)(N=C=O)c1c2ccccc2cc2ccccc12. The zero-order valence-electron chi connectivity index (χ0n) is 14.9. The second kappa shape index (κ2) is 6.23. The third-order valence-electron chi connectivity index (χ3n) is 4.05. The molecule has 0 N–H and O–H groups in total. The smallest absolute Gasteiger partial charge is 0.211 e. The quantitative estimate of drug-likeness (QED) is 0.261. The van der Waals surface area contributed by atoms with Crippen LogP contribution in [0.25, 0.3) is 21.5 Å². The van der Waals surface area contributed by atoms with Crippen molar-refractivity contribution in [1.29, 1.82) is 0 Å². The van der Waals surface area contributed by atoms with Crippen LogP contribution in [0.2, 0.25) is 0 Å². The van der Waals surface area contributed by atoms with Gasteiger partial charge in [0, 0.05) is 5.56 Å². The lowest BCUT2D eigenvalue weighted by Gasteiger charge is -2.24. The van der Waals surface area contributed by atoms with Crippen molar-refractivity contribution in [2.45, 2.75) is 38.9 Å². The molecule has 0 radical (unpaired) electrons. The highest BCUT2D eigenvalue weighted by molar-refractivity contribution is 6.03. The van der Waals surface area contributed by atoms with E-state index in [4.69, 9.17) is 0 Å². The zero-order valence-corrected chi connectivity index (χ0v) is 14.9. The van der Waals surface area contributed by atoms with Gasteiger partial charge in [0.15, 0.2) is 0 Å². The Hall–Kier alpha value is -2.84. The van der Waals surface area contributed by atoms with E-state index in [1.54, 1.807) is 13.0 Å². The van der Waals surface area contributed by atoms with Crippen molar-refractivity contribution < 1.29 is 4.79 Å². The summed E-state index contributed by atoms with van der Waals surface area (Å²) in [6.45, 7) is 7.69. The van der Waals surface area contributed by atoms with Crippen molar-refractivity contribution in [3.05, 3.63) is 60.2 Å². The minimum Gasteiger partial charge on any atom is -0.211 e. The predicted octanol–water partition coefficient (Wildman–Crippen LogP) is 5.75. The largest absolute Gasteiger partial charge is 0.237 e. The molecule has 1 atom stereocenters. The molecule has 0 fully saturated rings. The van der Waals surface area contributed by atoms with E-state index in [0.29, 0.717) is 0 Å². The van der Waals surface area contributed by atoms with Gasteiger partial charge in [0.25, 0.3) is 0 Å². The molecule has 0 aliphatic carbocycles. The Morgan fingerprint density at radius 1 is 0.800 bits per heavy atom. The molecule has 4 heteroatoms. The number of hydrogen-bond donors (Lipinski definition) is 0. The highest BCUT2D eigenvalue weighted by Crippen LogP contribution is 2.39. The van der Waals surface area contributed by atoms with E-state index in [0.717, 1.165) is 27.1 Å². The number of isocyanates is 1. The van der Waals surface area contributed by atoms with Gasteiger partial charge in [0.05, 0.1) is 5.54 Å². The number of azo groups is 1. The van der Waals surface area contributed by atoms with Gasteiger partial charge in [-0.25, -0.2) is 4.79 Å². The maximum absolute atomic E-state index is 11.2. The van der Waals surface area contributed by atoms with Crippen LogP contribution in [0, 0.1) is 0 Å². The van der Waals surface area contributed by atoms with Crippen LogP contribution in [0.3, 0.4) is 0 Å². The van der Waals surface area contributed by atoms with Crippen molar-refractivity contribution in [3.8, 4) is 0 Å². The van der Waals surface area contributed by atoms with Gasteiger partial charge in [-0.2, -0.15) is 15.2 Å². The number of hydrogen-bond acceptors (Lipinski definition) is 4. The van der Waals surface area contributed by atoms with Gasteiger partial charge in [0.2, 0.25) is 11.7 Å². The Bertz CT molecular complexity index is 956. The number of carbonyl (C=O) groups excluding carboxylic acids is 1. The highest BCUT2D eigenvalue weighted by atomic mass is 16.1. The van der Waals surface area contributed by atoms with E-state index >= 15 is 0 Å². The monoisotopic (exact) mass is 331 g/mol. The van der Waals surface area contributed by atoms with Crippen molar-refractivity contribution in [2.24, 2.45) is 15.2 Å². The van der Waals surface area contributed by atoms with Crippen molar-refractivity contribution in [2.75, 3.05) is 0 Å². The van der Waals surface area contributed by atoms with Gasteiger partial charge in [-0.05, 0) is 55.3 Å². The molecule has 0 amide bonds. The molecule has 4 nitrogen and oxygen atoms in total. The van der Waals surface area contributed by atoms with Gasteiger partial charge in [-0.3, -0.25) is 0 Å². The molecule has 25 heavy (non-hydrogen) atoms. The fourth-order valence-corrected chi connectivity index (χ4v) is 2.99. The van der Waals surface area contributed by atoms with Crippen LogP contribution in [0.4, 0.5) is 0 Å². The second-order valence-corrected chi connectivity index (χ2v) is 7.29. The Morgan fingerprint density at radius 3 is 1.80 bits per heavy atom. The molecule has 0 saturated heterocycles. The lowest BCUT2D eigenvalue weighted by Crippen LogP contribution is -2.19. The third-order valence-corrected chi connectivity index (χ3v) is 4.05. The molecule has 0 aliphatic heterocycles. The molecule has 1 unspecified atom stereocenters. The minimum atomic E-state index is -1.13. The van der Waals surface area contributed by atoms with Crippen molar-refractivity contribution in [3.63, 3.8) is 0 Å². The van der Waals surface area contributed by atoms with Crippen molar-refractivity contribution >= 4 is 27.6 Å². The molecule has 3 aromatic rings. The Kier molecular flexibility index (Phi) is 4.23. The first-order chi connectivity index (χ1) is 11.8. The topological polar surface area (TPSA) is 54.1 Å². The van der Waals surface area contributed by atoms with E-state index < -0.39 is 5.66 Å². The fraction of sp³-hybridized carbons (Fsp3) is 0.286. The molecular formula is C21H21N3O. The van der Waals surface area contributed by atoms with Gasteiger partial charge >= 0.3 is 0 Å². The fourth-order valence-electron chi connectivity index (χ4n) is 2.99. The van der Waals surface area contributed by atoms with Gasteiger partial charge in [0.1, 0.15) is 0 Å². The van der Waals surface area contributed by atoms with Crippen LogP contribution < -0.4 is 0 Å². The van der Waals surface area contributed by atoms with E-state index in [-0.39, 0.29) is 5.54 Å². The molecule has 126 valence electrons. The average molecular weight is 331 g/mol. The lowest BCUT2D eigenvalue weighted by molar-refractivity contribution is 0.437. The summed E-state index contributed by atoms with van der Waals surface area (Å²) in [4.78, 5) is 15.3. The van der Waals surface area contributed by atoms with Crippen LogP contribution in [0.1, 0.15) is 33.3 Å². The molecular weight excluding hydrogens is 310 g/mol. The first-order valence-electron chi connectivity index (χ1n) is 8.28. The molecule has 3 rings (SSSR count). The summed E-state index contributed by atoms with van der Waals surface area (Å²) in [5.41, 5.74) is -0.618. The summed E-state index contributed by atoms with van der Waals surface area (Å²) in [6, 6.07) is 18.3. The second-order valence-electron chi connectivity index (χ2n) is 7.29. The maximum atomic E-state index is 11.2. The Morgan fingerprint density at radius 2 is 1.32 bits per heavy atom. The van der Waals surface area contributed by atoms with E-state index in [1.807, 2.05) is 57.2 Å². The molecule has 0 aliphatic rings. The number of nitrogens with zero attached hydrogens (tertiary/aromatic N) is 3. The molecule has 0 spiro atoms. The molecule has 0 bridgehead atoms. The van der Waals surface area contributed by atoms with E-state index in [1.165, 1.54) is 0 Å². The predicted molar refractivity (Wildman–Crippen MR) is 102 cm³/mol. The van der Waals surface area contributed by atoms with Gasteiger partial charge < -0.3 is 0 Å². The zero-order chi connectivity index (χ0) is 18.1. The van der Waals surface area contributed by atoms with Crippen molar-refractivity contribution in [1.82, 2.24) is 0 Å². The first kappa shape index (κ1) is 17.0. The summed E-state index contributed by atoms with van der Waals surface area (Å²) < 4.78 is 0. The third kappa shape index (κ3) is 3.35. The first-order valence-corrected chi connectivity index (χ1v) is 8.28. The van der Waals surface area contributed by atoms with Gasteiger partial charge in [-0.1, -0.05) is 48.5 Å². The minimum absolute atomic E-state index is 0.361. The van der Waals surface area contributed by atoms with Gasteiger partial charge in [-0.15, -0.1) is 0 Å². The number of rotatable bonds is 3. The van der Waals surface area contributed by atoms with Crippen LogP contribution in [0.5, 0.6) is 0 Å². The average Bonchev–Trinajstić information content (AvgIpc) is 2.57. The Labute approximate surface area is 147 Å². The lowest BCUT2D eigenvalue weighted by atomic mass is 9.90. The molecule has 3 aromatic carbocycles. The van der Waals surface area contributed by atoms with Crippen LogP contribution in [0.15, 0.2) is 69.8 Å². The molecule has 0 saturated carbocycles. The summed E-state index contributed by atoms with van der Waals surface area (Å²) in [6.07, 6.45) is 1.69. The van der Waals surface area contributed by atoms with Crippen LogP contribution in [-0.2, 0) is 10.5 Å². The number of fused-ring (bicyclic) bond motifs is 2. The van der Waals surface area contributed by atoms with Crippen LogP contribution >= 0.6 is 0 Å². The normalized spacial score (nSPS) is 14.6. The maximum Gasteiger partial charge on any atom is 0.237 e. The summed E-state index contributed by atoms with van der Waals surface area (Å²) in [5.74, 6) is 0. The van der Waals surface area contributed by atoms with E-state index in [2.05, 4.69) is 33.4 Å². The van der Waals surface area contributed by atoms with E-state index in [9.17, 15) is 4.79 Å². The number of benzene rings is 3. The van der Waals surface area contributed by atoms with Crippen LogP contribution in [-0.4, -0.2) is 11.6 Å². The molecule has 0 heterocycles. The highest BCUT2D eigenvalue weighted by Gasteiger charge is 2.31. The number of aliphatic imine (C=N–C) groups is 1. The summed E-state index contributed by atoms with van der Waals surface area (Å²) >= 11 is 0. The molecule has 0 aromatic heterocycles. The standard InChI is InChI=1S/C21H21N3O/c1-20(2,3)23-24-21(4,22-14-25)19-17-11-7-5-9-15(17)13-16-10-6-8-12-18(16)19/h5-13H,1-4H3.